The monoisotopic (exact) mass is 347 g/mol. The molecule has 0 fully saturated rings. The van der Waals surface area contributed by atoms with Crippen LogP contribution >= 0.6 is 27.5 Å². The van der Waals surface area contributed by atoms with Crippen LogP contribution in [0.25, 0.3) is 16.9 Å². The molecule has 0 saturated carbocycles. The fourth-order valence-corrected chi connectivity index (χ4v) is 2.75. The molecule has 3 rings (SSSR count). The summed E-state index contributed by atoms with van der Waals surface area (Å²) in [6, 6.07) is 15.5. The molecular weight excluding hydrogens is 338 g/mol. The third-order valence-electron chi connectivity index (χ3n) is 2.95. The summed E-state index contributed by atoms with van der Waals surface area (Å²) in [7, 11) is 0. The Kier molecular flexibility index (Phi) is 3.51. The molecule has 3 nitrogen and oxygen atoms in total. The van der Waals surface area contributed by atoms with E-state index in [0.717, 1.165) is 15.7 Å². The highest BCUT2D eigenvalue weighted by atomic mass is 79.9. The number of nitrogen functional groups attached to an aromatic ring is 1. The summed E-state index contributed by atoms with van der Waals surface area (Å²) in [5.41, 5.74) is 9.12. The highest BCUT2D eigenvalue weighted by Gasteiger charge is 2.12. The highest BCUT2D eigenvalue weighted by Crippen LogP contribution is 2.33. The number of nitrogens with zero attached hydrogens (tertiary/aromatic N) is 2. The molecule has 0 spiro atoms. The van der Waals surface area contributed by atoms with E-state index in [4.69, 9.17) is 17.3 Å². The van der Waals surface area contributed by atoms with E-state index in [0.29, 0.717) is 16.4 Å². The Morgan fingerprint density at radius 1 is 1.10 bits per heavy atom. The molecule has 20 heavy (non-hydrogen) atoms. The quantitative estimate of drug-likeness (QED) is 0.739. The van der Waals surface area contributed by atoms with Crippen molar-refractivity contribution in [3.63, 3.8) is 0 Å². The number of hydrogen-bond acceptors (Lipinski definition) is 2. The fourth-order valence-electron chi connectivity index (χ4n) is 1.99. The van der Waals surface area contributed by atoms with E-state index in [-0.39, 0.29) is 0 Å². The predicted molar refractivity (Wildman–Crippen MR) is 86.1 cm³/mol. The number of benzene rings is 2. The molecule has 3 aromatic rings. The van der Waals surface area contributed by atoms with Crippen molar-refractivity contribution >= 4 is 33.2 Å². The molecule has 1 aromatic heterocycles. The van der Waals surface area contributed by atoms with Gasteiger partial charge in [-0.05, 0) is 24.3 Å². The molecule has 2 aromatic carbocycles. The summed E-state index contributed by atoms with van der Waals surface area (Å²) in [4.78, 5) is 0. The van der Waals surface area contributed by atoms with Gasteiger partial charge in [-0.1, -0.05) is 51.8 Å². The zero-order valence-electron chi connectivity index (χ0n) is 10.4. The van der Waals surface area contributed by atoms with Crippen LogP contribution in [-0.2, 0) is 0 Å². The van der Waals surface area contributed by atoms with Crippen LogP contribution in [0.1, 0.15) is 0 Å². The largest absolute Gasteiger partial charge is 0.396 e. The molecule has 1 heterocycles. The second-order valence-electron chi connectivity index (χ2n) is 4.34. The van der Waals surface area contributed by atoms with Crippen LogP contribution in [0.3, 0.4) is 0 Å². The number of rotatable bonds is 2. The number of hydrogen-bond donors (Lipinski definition) is 1. The molecule has 100 valence electrons. The van der Waals surface area contributed by atoms with Gasteiger partial charge >= 0.3 is 0 Å². The van der Waals surface area contributed by atoms with Gasteiger partial charge in [0, 0.05) is 10.0 Å². The van der Waals surface area contributed by atoms with Gasteiger partial charge in [-0.3, -0.25) is 0 Å². The maximum atomic E-state index is 6.26. The Bertz CT molecular complexity index is 753. The number of halogens is 2. The van der Waals surface area contributed by atoms with Crippen molar-refractivity contribution in [3.05, 3.63) is 64.2 Å². The minimum absolute atomic E-state index is 0.595. The topological polar surface area (TPSA) is 43.8 Å². The maximum absolute atomic E-state index is 6.26. The first kappa shape index (κ1) is 13.2. The first-order valence-electron chi connectivity index (χ1n) is 6.01. The molecule has 0 aliphatic heterocycles. The third-order valence-corrected chi connectivity index (χ3v) is 3.76. The second-order valence-corrected chi connectivity index (χ2v) is 5.66. The van der Waals surface area contributed by atoms with Crippen molar-refractivity contribution in [2.75, 3.05) is 5.73 Å². The molecule has 0 saturated heterocycles. The Morgan fingerprint density at radius 2 is 1.85 bits per heavy atom. The summed E-state index contributed by atoms with van der Waals surface area (Å²) in [5.74, 6) is 0. The van der Waals surface area contributed by atoms with Gasteiger partial charge in [-0.15, -0.1) is 0 Å². The predicted octanol–water partition coefficient (Wildman–Crippen LogP) is 4.54. The maximum Gasteiger partial charge on any atom is 0.117 e. The van der Waals surface area contributed by atoms with Crippen LogP contribution in [0.2, 0.25) is 5.02 Å². The lowest BCUT2D eigenvalue weighted by molar-refractivity contribution is 0.884. The first-order chi connectivity index (χ1) is 9.65. The number of nitrogens with two attached hydrogens (primary N) is 1. The molecule has 0 atom stereocenters. The van der Waals surface area contributed by atoms with Gasteiger partial charge in [0.25, 0.3) is 0 Å². The number of para-hydroxylation sites is 1. The standard InChI is InChI=1S/C15H11BrClN3/c16-10-6-7-12(13(17)8-10)15-14(18)9-20(19-15)11-4-2-1-3-5-11/h1-9H,18H2. The van der Waals surface area contributed by atoms with Crippen molar-refractivity contribution in [2.24, 2.45) is 0 Å². The lowest BCUT2D eigenvalue weighted by atomic mass is 10.1. The molecule has 0 radical (unpaired) electrons. The molecule has 0 bridgehead atoms. The smallest absolute Gasteiger partial charge is 0.117 e. The lowest BCUT2D eigenvalue weighted by Gasteiger charge is -2.03. The lowest BCUT2D eigenvalue weighted by Crippen LogP contribution is -1.94. The minimum Gasteiger partial charge on any atom is -0.396 e. The minimum atomic E-state index is 0.595. The van der Waals surface area contributed by atoms with Crippen molar-refractivity contribution in [3.8, 4) is 16.9 Å². The van der Waals surface area contributed by atoms with Gasteiger partial charge in [0.05, 0.1) is 22.6 Å². The van der Waals surface area contributed by atoms with E-state index in [1.165, 1.54) is 0 Å². The SMILES string of the molecule is Nc1cn(-c2ccccc2)nc1-c1ccc(Br)cc1Cl. The summed E-state index contributed by atoms with van der Waals surface area (Å²) >= 11 is 9.64. The Labute approximate surface area is 130 Å². The molecule has 5 heteroatoms. The van der Waals surface area contributed by atoms with E-state index in [2.05, 4.69) is 21.0 Å². The van der Waals surface area contributed by atoms with Gasteiger partial charge < -0.3 is 5.73 Å². The van der Waals surface area contributed by atoms with Crippen LogP contribution in [0.4, 0.5) is 5.69 Å². The summed E-state index contributed by atoms with van der Waals surface area (Å²) in [6.45, 7) is 0. The van der Waals surface area contributed by atoms with Crippen molar-refractivity contribution in [1.29, 1.82) is 0 Å². The average Bonchev–Trinajstić information content (AvgIpc) is 2.82. The Hall–Kier alpha value is -1.78. The van der Waals surface area contributed by atoms with Crippen molar-refractivity contribution in [1.82, 2.24) is 9.78 Å². The number of aromatic nitrogens is 2. The summed E-state index contributed by atoms with van der Waals surface area (Å²) < 4.78 is 2.68. The van der Waals surface area contributed by atoms with Crippen LogP contribution in [0.5, 0.6) is 0 Å². The van der Waals surface area contributed by atoms with E-state index in [1.54, 1.807) is 10.9 Å². The van der Waals surface area contributed by atoms with Gasteiger partial charge in [-0.2, -0.15) is 5.10 Å². The van der Waals surface area contributed by atoms with Crippen molar-refractivity contribution < 1.29 is 0 Å². The molecule has 0 aliphatic carbocycles. The Morgan fingerprint density at radius 3 is 2.55 bits per heavy atom. The fraction of sp³-hybridized carbons (Fsp3) is 0. The zero-order valence-corrected chi connectivity index (χ0v) is 12.8. The molecule has 2 N–H and O–H groups in total. The third kappa shape index (κ3) is 2.44. The van der Waals surface area contributed by atoms with Gasteiger partial charge in [0.15, 0.2) is 0 Å². The Balaban J connectivity index is 2.10. The van der Waals surface area contributed by atoms with Crippen LogP contribution in [0.15, 0.2) is 59.2 Å². The summed E-state index contributed by atoms with van der Waals surface area (Å²) in [5, 5.41) is 5.15. The highest BCUT2D eigenvalue weighted by molar-refractivity contribution is 9.10. The van der Waals surface area contributed by atoms with Gasteiger partial charge in [0.2, 0.25) is 0 Å². The van der Waals surface area contributed by atoms with Gasteiger partial charge in [0.1, 0.15) is 5.69 Å². The molecule has 0 amide bonds. The first-order valence-corrected chi connectivity index (χ1v) is 7.18. The van der Waals surface area contributed by atoms with E-state index in [9.17, 15) is 0 Å². The normalized spacial score (nSPS) is 10.7. The average molecular weight is 349 g/mol. The van der Waals surface area contributed by atoms with Gasteiger partial charge in [-0.25, -0.2) is 4.68 Å². The second kappa shape index (κ2) is 5.31. The van der Waals surface area contributed by atoms with Crippen LogP contribution < -0.4 is 5.73 Å². The van der Waals surface area contributed by atoms with Crippen LogP contribution in [-0.4, -0.2) is 9.78 Å². The van der Waals surface area contributed by atoms with E-state index in [1.807, 2.05) is 48.5 Å². The summed E-state index contributed by atoms with van der Waals surface area (Å²) in [6.07, 6.45) is 1.79. The molecular formula is C15H11BrClN3. The van der Waals surface area contributed by atoms with Crippen LogP contribution in [0, 0.1) is 0 Å². The van der Waals surface area contributed by atoms with E-state index < -0.39 is 0 Å². The molecule has 0 aliphatic rings. The number of anilines is 1. The van der Waals surface area contributed by atoms with E-state index >= 15 is 0 Å². The van der Waals surface area contributed by atoms with Crippen molar-refractivity contribution in [2.45, 2.75) is 0 Å². The molecule has 0 unspecified atom stereocenters. The zero-order chi connectivity index (χ0) is 14.1.